The molecule has 31 heavy (non-hydrogen) atoms. The van der Waals surface area contributed by atoms with E-state index in [0.29, 0.717) is 30.9 Å². The molecule has 0 fully saturated rings. The summed E-state index contributed by atoms with van der Waals surface area (Å²) in [6, 6.07) is 20.6. The maximum Gasteiger partial charge on any atom is 0.264 e. The van der Waals surface area contributed by atoms with E-state index in [2.05, 4.69) is 5.32 Å². The second kappa shape index (κ2) is 9.00. The normalized spacial score (nSPS) is 15.6. The summed E-state index contributed by atoms with van der Waals surface area (Å²) in [5, 5.41) is 2.79. The Kier molecular flexibility index (Phi) is 5.98. The first-order valence-corrected chi connectivity index (χ1v) is 10.2. The number of carbonyl (C=O) groups is 2. The Bertz CT molecular complexity index is 1100. The van der Waals surface area contributed by atoms with Gasteiger partial charge < -0.3 is 15.0 Å². The fraction of sp³-hybridized carbons (Fsp3) is 0.200. The van der Waals surface area contributed by atoms with E-state index in [1.165, 1.54) is 18.2 Å². The molecule has 6 heteroatoms. The lowest BCUT2D eigenvalue weighted by Crippen LogP contribution is -2.38. The van der Waals surface area contributed by atoms with Gasteiger partial charge in [0.2, 0.25) is 0 Å². The number of rotatable bonds is 5. The molecule has 0 saturated heterocycles. The first kappa shape index (κ1) is 20.6. The van der Waals surface area contributed by atoms with Crippen LogP contribution in [0.25, 0.3) is 0 Å². The maximum atomic E-state index is 13.4. The van der Waals surface area contributed by atoms with Crippen molar-refractivity contribution in [2.75, 3.05) is 5.32 Å². The van der Waals surface area contributed by atoms with Gasteiger partial charge in [0.25, 0.3) is 11.8 Å². The molecule has 5 nitrogen and oxygen atoms in total. The van der Waals surface area contributed by atoms with Gasteiger partial charge in [-0.3, -0.25) is 9.59 Å². The Hall–Kier alpha value is -3.67. The molecular weight excluding hydrogens is 395 g/mol. The summed E-state index contributed by atoms with van der Waals surface area (Å²) in [6.45, 7) is 2.75. The van der Waals surface area contributed by atoms with Gasteiger partial charge in [-0.05, 0) is 48.4 Å². The Morgan fingerprint density at radius 2 is 1.90 bits per heavy atom. The van der Waals surface area contributed by atoms with Crippen molar-refractivity contribution in [1.29, 1.82) is 0 Å². The molecule has 0 aliphatic carbocycles. The number of anilines is 1. The average Bonchev–Trinajstić information content (AvgIpc) is 2.90. The summed E-state index contributed by atoms with van der Waals surface area (Å²) >= 11 is 0. The number of amides is 2. The van der Waals surface area contributed by atoms with Crippen molar-refractivity contribution in [3.05, 3.63) is 95.3 Å². The number of hydrogen-bond donors (Lipinski definition) is 1. The van der Waals surface area contributed by atoms with E-state index in [4.69, 9.17) is 4.74 Å². The van der Waals surface area contributed by atoms with Crippen molar-refractivity contribution >= 4 is 17.5 Å². The van der Waals surface area contributed by atoms with Crippen molar-refractivity contribution in [3.63, 3.8) is 0 Å². The van der Waals surface area contributed by atoms with Crippen molar-refractivity contribution in [1.82, 2.24) is 4.90 Å². The van der Waals surface area contributed by atoms with Gasteiger partial charge >= 0.3 is 0 Å². The lowest BCUT2D eigenvalue weighted by atomic mass is 10.1. The predicted octanol–water partition coefficient (Wildman–Crippen LogP) is 4.78. The molecule has 0 bridgehead atoms. The third-order valence-electron chi connectivity index (χ3n) is 5.21. The zero-order chi connectivity index (χ0) is 21.8. The summed E-state index contributed by atoms with van der Waals surface area (Å²) in [5.41, 5.74) is 2.62. The molecule has 4 rings (SSSR count). The van der Waals surface area contributed by atoms with Gasteiger partial charge in [0.1, 0.15) is 11.6 Å². The molecule has 0 spiro atoms. The van der Waals surface area contributed by atoms with E-state index in [0.717, 1.165) is 11.1 Å². The second-order valence-corrected chi connectivity index (χ2v) is 7.48. The molecule has 0 saturated carbocycles. The minimum absolute atomic E-state index is 0.0621. The SMILES string of the molecule is CC[C@H]1Oc2ccc(NC(=O)c3cccc(F)c3)cc2CN(Cc2ccccc2)C1=O. The Balaban J connectivity index is 1.59. The second-order valence-electron chi connectivity index (χ2n) is 7.48. The number of carbonyl (C=O) groups excluding carboxylic acids is 2. The third-order valence-corrected chi connectivity index (χ3v) is 5.21. The van der Waals surface area contributed by atoms with E-state index < -0.39 is 17.8 Å². The highest BCUT2D eigenvalue weighted by Crippen LogP contribution is 2.30. The minimum Gasteiger partial charge on any atom is -0.480 e. The van der Waals surface area contributed by atoms with Crippen molar-refractivity contribution < 1.29 is 18.7 Å². The lowest BCUT2D eigenvalue weighted by molar-refractivity contribution is -0.139. The summed E-state index contributed by atoms with van der Waals surface area (Å²) in [5.74, 6) is -0.311. The van der Waals surface area contributed by atoms with Crippen LogP contribution in [0.4, 0.5) is 10.1 Å². The summed E-state index contributed by atoms with van der Waals surface area (Å²) < 4.78 is 19.4. The zero-order valence-electron chi connectivity index (χ0n) is 17.2. The van der Waals surface area contributed by atoms with Crippen LogP contribution in [-0.2, 0) is 17.9 Å². The summed E-state index contributed by atoms with van der Waals surface area (Å²) in [4.78, 5) is 27.3. The molecule has 3 aromatic carbocycles. The lowest BCUT2D eigenvalue weighted by Gasteiger charge is -2.23. The van der Waals surface area contributed by atoms with Gasteiger partial charge in [-0.25, -0.2) is 4.39 Å². The Labute approximate surface area is 180 Å². The summed E-state index contributed by atoms with van der Waals surface area (Å²) in [7, 11) is 0. The third kappa shape index (κ3) is 4.74. The molecule has 3 aromatic rings. The molecule has 0 unspecified atom stereocenters. The van der Waals surface area contributed by atoms with E-state index in [1.807, 2.05) is 37.3 Å². The first-order chi connectivity index (χ1) is 15.0. The highest BCUT2D eigenvalue weighted by atomic mass is 19.1. The number of ether oxygens (including phenoxy) is 1. The van der Waals surface area contributed by atoms with E-state index in [-0.39, 0.29) is 11.5 Å². The van der Waals surface area contributed by atoms with Crippen molar-refractivity contribution in [2.45, 2.75) is 32.5 Å². The molecule has 0 aromatic heterocycles. The van der Waals surface area contributed by atoms with Gasteiger partial charge in [0.15, 0.2) is 6.10 Å². The molecule has 1 aliphatic rings. The average molecular weight is 418 g/mol. The number of nitrogens with one attached hydrogen (secondary N) is 1. The highest BCUT2D eigenvalue weighted by Gasteiger charge is 2.30. The van der Waals surface area contributed by atoms with Crippen LogP contribution in [0.15, 0.2) is 72.8 Å². The van der Waals surface area contributed by atoms with Gasteiger partial charge in [-0.15, -0.1) is 0 Å². The first-order valence-electron chi connectivity index (χ1n) is 10.2. The number of hydrogen-bond acceptors (Lipinski definition) is 3. The Morgan fingerprint density at radius 3 is 2.65 bits per heavy atom. The van der Waals surface area contributed by atoms with Gasteiger partial charge in [-0.2, -0.15) is 0 Å². The number of halogens is 1. The molecule has 1 heterocycles. The van der Waals surface area contributed by atoms with Crippen LogP contribution in [0.2, 0.25) is 0 Å². The largest absolute Gasteiger partial charge is 0.480 e. The van der Waals surface area contributed by atoms with Crippen LogP contribution in [0.1, 0.15) is 34.8 Å². The topological polar surface area (TPSA) is 58.6 Å². The standard InChI is InChI=1S/C25H23FN2O3/c1-2-22-25(30)28(15-17-7-4-3-5-8-17)16-19-14-21(11-12-23(19)31-22)27-24(29)18-9-6-10-20(26)13-18/h3-14,22H,2,15-16H2,1H3,(H,27,29)/t22-/m1/s1. The number of fused-ring (bicyclic) bond motifs is 1. The fourth-order valence-electron chi connectivity index (χ4n) is 3.62. The molecular formula is C25H23FN2O3. The molecule has 158 valence electrons. The fourth-order valence-corrected chi connectivity index (χ4v) is 3.62. The van der Waals surface area contributed by atoms with Crippen molar-refractivity contribution in [3.8, 4) is 5.75 Å². The molecule has 1 atom stereocenters. The molecule has 2 amide bonds. The van der Waals surface area contributed by atoms with E-state index in [9.17, 15) is 14.0 Å². The predicted molar refractivity (Wildman–Crippen MR) is 116 cm³/mol. The van der Waals surface area contributed by atoms with E-state index >= 15 is 0 Å². The van der Waals surface area contributed by atoms with Gasteiger partial charge in [0, 0.05) is 29.9 Å². The maximum absolute atomic E-state index is 13.4. The minimum atomic E-state index is -0.558. The van der Waals surface area contributed by atoms with Crippen LogP contribution in [0, 0.1) is 5.82 Å². The van der Waals surface area contributed by atoms with Crippen LogP contribution >= 0.6 is 0 Å². The van der Waals surface area contributed by atoms with E-state index in [1.54, 1.807) is 29.2 Å². The smallest absolute Gasteiger partial charge is 0.264 e. The summed E-state index contributed by atoms with van der Waals surface area (Å²) in [6.07, 6.45) is -0.000523. The molecule has 1 N–H and O–H groups in total. The Morgan fingerprint density at radius 1 is 1.10 bits per heavy atom. The van der Waals surface area contributed by atoms with Crippen LogP contribution in [0.5, 0.6) is 5.75 Å². The van der Waals surface area contributed by atoms with Gasteiger partial charge in [0.05, 0.1) is 0 Å². The van der Waals surface area contributed by atoms with Crippen LogP contribution in [-0.4, -0.2) is 22.8 Å². The van der Waals surface area contributed by atoms with Crippen LogP contribution in [0.3, 0.4) is 0 Å². The van der Waals surface area contributed by atoms with Crippen LogP contribution < -0.4 is 10.1 Å². The van der Waals surface area contributed by atoms with Gasteiger partial charge in [-0.1, -0.05) is 43.3 Å². The number of nitrogens with zero attached hydrogens (tertiary/aromatic N) is 1. The molecule has 1 aliphatic heterocycles. The monoisotopic (exact) mass is 418 g/mol. The molecule has 0 radical (unpaired) electrons. The van der Waals surface area contributed by atoms with Crippen molar-refractivity contribution in [2.24, 2.45) is 0 Å². The highest BCUT2D eigenvalue weighted by molar-refractivity contribution is 6.04. The quantitative estimate of drug-likeness (QED) is 0.649. The zero-order valence-corrected chi connectivity index (χ0v) is 17.2. The number of benzene rings is 3.